The smallest absolute Gasteiger partial charge is 0.261 e. The largest absolute Gasteiger partial charge is 0.439 e. The number of hydrogen-bond acceptors (Lipinski definition) is 6. The SMILES string of the molecule is CC(=O)c1cccc(S(=O)(=O)Nc2ccc(Oc3cc(-n4cccc4)nc(C)n3)cc2)c1. The van der Waals surface area contributed by atoms with Crippen LogP contribution in [0.4, 0.5) is 5.69 Å². The molecule has 0 amide bonds. The molecule has 1 N–H and O–H groups in total. The predicted molar refractivity (Wildman–Crippen MR) is 120 cm³/mol. The topological polar surface area (TPSA) is 103 Å². The van der Waals surface area contributed by atoms with Crippen molar-refractivity contribution >= 4 is 21.5 Å². The normalized spacial score (nSPS) is 11.2. The van der Waals surface area contributed by atoms with Crippen molar-refractivity contribution < 1.29 is 17.9 Å². The molecule has 0 spiro atoms. The maximum Gasteiger partial charge on any atom is 0.261 e. The Morgan fingerprint density at radius 3 is 2.38 bits per heavy atom. The number of anilines is 1. The quantitative estimate of drug-likeness (QED) is 0.421. The Bertz CT molecular complexity index is 1370. The molecule has 32 heavy (non-hydrogen) atoms. The van der Waals surface area contributed by atoms with Crippen LogP contribution in [0.2, 0.25) is 0 Å². The molecule has 162 valence electrons. The summed E-state index contributed by atoms with van der Waals surface area (Å²) < 4.78 is 35.5. The molecule has 0 saturated heterocycles. The van der Waals surface area contributed by atoms with E-state index >= 15 is 0 Å². The van der Waals surface area contributed by atoms with Crippen molar-refractivity contribution in [3.8, 4) is 17.4 Å². The summed E-state index contributed by atoms with van der Waals surface area (Å²) in [5, 5.41) is 0. The summed E-state index contributed by atoms with van der Waals surface area (Å²) in [6, 6.07) is 17.8. The number of aromatic nitrogens is 3. The highest BCUT2D eigenvalue weighted by atomic mass is 32.2. The fourth-order valence-electron chi connectivity index (χ4n) is 3.01. The zero-order valence-electron chi connectivity index (χ0n) is 17.4. The van der Waals surface area contributed by atoms with Crippen molar-refractivity contribution in [2.45, 2.75) is 18.7 Å². The Morgan fingerprint density at radius 2 is 1.69 bits per heavy atom. The predicted octanol–water partition coefficient (Wildman–Crippen LogP) is 4.37. The first kappa shape index (κ1) is 21.3. The molecule has 0 unspecified atom stereocenters. The number of carbonyl (C=O) groups is 1. The van der Waals surface area contributed by atoms with Crippen LogP contribution in [0.3, 0.4) is 0 Å². The van der Waals surface area contributed by atoms with Crippen LogP contribution in [0.1, 0.15) is 23.1 Å². The first-order valence-electron chi connectivity index (χ1n) is 9.71. The Kier molecular flexibility index (Phi) is 5.74. The van der Waals surface area contributed by atoms with Crippen molar-refractivity contribution in [3.63, 3.8) is 0 Å². The third-order valence-electron chi connectivity index (χ3n) is 4.55. The van der Waals surface area contributed by atoms with Gasteiger partial charge >= 0.3 is 0 Å². The van der Waals surface area contributed by atoms with Gasteiger partial charge in [0.25, 0.3) is 10.0 Å². The molecule has 9 heteroatoms. The minimum absolute atomic E-state index is 0.0135. The van der Waals surface area contributed by atoms with Crippen molar-refractivity contribution in [3.05, 3.63) is 90.5 Å². The molecule has 2 heterocycles. The van der Waals surface area contributed by atoms with Crippen LogP contribution in [0, 0.1) is 6.92 Å². The molecule has 2 aromatic carbocycles. The van der Waals surface area contributed by atoms with Gasteiger partial charge in [-0.25, -0.2) is 13.4 Å². The van der Waals surface area contributed by atoms with Gasteiger partial charge in [0.1, 0.15) is 17.4 Å². The third kappa shape index (κ3) is 4.84. The van der Waals surface area contributed by atoms with E-state index in [1.165, 1.54) is 25.1 Å². The first-order valence-corrected chi connectivity index (χ1v) is 11.2. The minimum atomic E-state index is -3.84. The van der Waals surface area contributed by atoms with E-state index in [2.05, 4.69) is 14.7 Å². The molecule has 8 nitrogen and oxygen atoms in total. The summed E-state index contributed by atoms with van der Waals surface area (Å²) in [5.41, 5.74) is 0.688. The van der Waals surface area contributed by atoms with Gasteiger partial charge in [0.15, 0.2) is 5.78 Å². The number of ketones is 1. The molecule has 0 fully saturated rings. The number of nitrogens with zero attached hydrogens (tertiary/aromatic N) is 3. The summed E-state index contributed by atoms with van der Waals surface area (Å²) in [5.74, 6) is 1.89. The Hall–Kier alpha value is -3.98. The molecule has 4 rings (SSSR count). The van der Waals surface area contributed by atoms with Crippen LogP contribution < -0.4 is 9.46 Å². The van der Waals surface area contributed by atoms with Crippen LogP contribution in [0.25, 0.3) is 5.82 Å². The Morgan fingerprint density at radius 1 is 0.969 bits per heavy atom. The van der Waals surface area contributed by atoms with E-state index in [1.807, 2.05) is 29.1 Å². The second kappa shape index (κ2) is 8.64. The number of rotatable bonds is 7. The monoisotopic (exact) mass is 448 g/mol. The zero-order chi connectivity index (χ0) is 22.7. The number of Topliss-reactive ketones (excluding diaryl/α,β-unsaturated/α-hetero) is 1. The standard InChI is InChI=1S/C23H20N4O4S/c1-16(28)18-6-5-7-21(14-18)32(29,30)26-19-8-10-20(11-9-19)31-23-15-22(24-17(2)25-23)27-12-3-4-13-27/h3-15,26H,1-2H3. The number of nitrogens with one attached hydrogen (secondary N) is 1. The average molecular weight is 449 g/mol. The highest BCUT2D eigenvalue weighted by Gasteiger charge is 2.16. The Balaban J connectivity index is 1.50. The number of benzene rings is 2. The van der Waals surface area contributed by atoms with Crippen molar-refractivity contribution in [2.75, 3.05) is 4.72 Å². The van der Waals surface area contributed by atoms with Crippen LogP contribution in [-0.2, 0) is 10.0 Å². The fourth-order valence-corrected chi connectivity index (χ4v) is 4.11. The molecule has 0 atom stereocenters. The minimum Gasteiger partial charge on any atom is -0.439 e. The number of hydrogen-bond donors (Lipinski definition) is 1. The van der Waals surface area contributed by atoms with Crippen molar-refractivity contribution in [1.29, 1.82) is 0 Å². The van der Waals surface area contributed by atoms with Gasteiger partial charge < -0.3 is 9.30 Å². The van der Waals surface area contributed by atoms with Crippen LogP contribution >= 0.6 is 0 Å². The highest BCUT2D eigenvalue weighted by Crippen LogP contribution is 2.24. The first-order chi connectivity index (χ1) is 15.3. The molecule has 0 radical (unpaired) electrons. The van der Waals surface area contributed by atoms with Gasteiger partial charge in [-0.2, -0.15) is 4.98 Å². The van der Waals surface area contributed by atoms with Gasteiger partial charge in [0, 0.05) is 29.7 Å². The van der Waals surface area contributed by atoms with Crippen molar-refractivity contribution in [2.24, 2.45) is 0 Å². The van der Waals surface area contributed by atoms with Crippen LogP contribution in [0.15, 0.2) is 84.0 Å². The van der Waals surface area contributed by atoms with E-state index in [0.717, 1.165) is 0 Å². The van der Waals surface area contributed by atoms with E-state index in [-0.39, 0.29) is 10.7 Å². The fraction of sp³-hybridized carbons (Fsp3) is 0.0870. The second-order valence-corrected chi connectivity index (χ2v) is 8.70. The number of ether oxygens (including phenoxy) is 1. The molecular weight excluding hydrogens is 428 g/mol. The summed E-state index contributed by atoms with van der Waals surface area (Å²) in [7, 11) is -3.84. The molecular formula is C23H20N4O4S. The van der Waals surface area contributed by atoms with Gasteiger partial charge in [-0.3, -0.25) is 9.52 Å². The van der Waals surface area contributed by atoms with E-state index in [9.17, 15) is 13.2 Å². The van der Waals surface area contributed by atoms with E-state index in [4.69, 9.17) is 4.74 Å². The summed E-state index contributed by atoms with van der Waals surface area (Å²) in [6.45, 7) is 3.16. The van der Waals surface area contributed by atoms with Crippen LogP contribution in [-0.4, -0.2) is 28.7 Å². The molecule has 0 saturated carbocycles. The number of carbonyl (C=O) groups excluding carboxylic acids is 1. The maximum atomic E-state index is 12.7. The van der Waals surface area contributed by atoms with Gasteiger partial charge in [0.2, 0.25) is 5.88 Å². The zero-order valence-corrected chi connectivity index (χ0v) is 18.2. The summed E-state index contributed by atoms with van der Waals surface area (Å²) in [4.78, 5) is 20.2. The lowest BCUT2D eigenvalue weighted by Crippen LogP contribution is -2.13. The number of aryl methyl sites for hydroxylation is 1. The maximum absolute atomic E-state index is 12.7. The molecule has 2 aromatic heterocycles. The lowest BCUT2D eigenvalue weighted by Gasteiger charge is -2.11. The van der Waals surface area contributed by atoms with Gasteiger partial charge in [0.05, 0.1) is 4.90 Å². The lowest BCUT2D eigenvalue weighted by molar-refractivity contribution is 0.101. The Labute approximate surface area is 185 Å². The average Bonchev–Trinajstić information content (AvgIpc) is 3.30. The molecule has 0 aliphatic heterocycles. The van der Waals surface area contributed by atoms with Gasteiger partial charge in [-0.05, 0) is 62.4 Å². The van der Waals surface area contributed by atoms with Gasteiger partial charge in [-0.1, -0.05) is 12.1 Å². The van der Waals surface area contributed by atoms with E-state index in [0.29, 0.717) is 34.5 Å². The summed E-state index contributed by atoms with van der Waals surface area (Å²) >= 11 is 0. The molecule has 0 aliphatic rings. The number of sulfonamides is 1. The van der Waals surface area contributed by atoms with Crippen molar-refractivity contribution in [1.82, 2.24) is 14.5 Å². The molecule has 0 aliphatic carbocycles. The van der Waals surface area contributed by atoms with E-state index in [1.54, 1.807) is 43.3 Å². The van der Waals surface area contributed by atoms with Gasteiger partial charge in [-0.15, -0.1) is 0 Å². The van der Waals surface area contributed by atoms with E-state index < -0.39 is 10.0 Å². The lowest BCUT2D eigenvalue weighted by atomic mass is 10.2. The molecule has 4 aromatic rings. The third-order valence-corrected chi connectivity index (χ3v) is 5.93. The highest BCUT2D eigenvalue weighted by molar-refractivity contribution is 7.92. The second-order valence-electron chi connectivity index (χ2n) is 7.02. The molecule has 0 bridgehead atoms. The summed E-state index contributed by atoms with van der Waals surface area (Å²) in [6.07, 6.45) is 3.75. The van der Waals surface area contributed by atoms with Crippen LogP contribution in [0.5, 0.6) is 11.6 Å².